The van der Waals surface area contributed by atoms with Crippen molar-refractivity contribution in [3.05, 3.63) is 61.0 Å². The quantitative estimate of drug-likeness (QED) is 0.653. The van der Waals surface area contributed by atoms with Gasteiger partial charge in [-0.3, -0.25) is 4.98 Å². The van der Waals surface area contributed by atoms with Crippen molar-refractivity contribution in [2.75, 3.05) is 0 Å². The van der Waals surface area contributed by atoms with E-state index in [1.54, 1.807) is 6.20 Å². The van der Waals surface area contributed by atoms with Crippen LogP contribution in [0, 0.1) is 0 Å². The molecule has 1 aromatic rings. The Morgan fingerprint density at radius 3 is 2.64 bits per heavy atom. The molecule has 14 heavy (non-hydrogen) atoms. The Balaban J connectivity index is 3.22. The lowest BCUT2D eigenvalue weighted by molar-refractivity contribution is 1.15. The van der Waals surface area contributed by atoms with Crippen LogP contribution in [0.1, 0.15) is 18.9 Å². The van der Waals surface area contributed by atoms with Gasteiger partial charge in [-0.15, -0.1) is 0 Å². The van der Waals surface area contributed by atoms with Gasteiger partial charge in [-0.2, -0.15) is 0 Å². The summed E-state index contributed by atoms with van der Waals surface area (Å²) in [5.41, 5.74) is 3.42. The molecule has 1 rings (SSSR count). The summed E-state index contributed by atoms with van der Waals surface area (Å²) in [6.45, 7) is 9.73. The fraction of sp³-hybridized carbons (Fsp3) is 0.154. The van der Waals surface area contributed by atoms with E-state index in [0.717, 1.165) is 17.6 Å². The van der Waals surface area contributed by atoms with Gasteiger partial charge in [-0.25, -0.2) is 0 Å². The first kappa shape index (κ1) is 10.5. The molecule has 0 saturated carbocycles. The Hall–Kier alpha value is -1.63. The Kier molecular flexibility index (Phi) is 3.86. The fourth-order valence-electron chi connectivity index (χ4n) is 1.40. The number of nitrogens with zero attached hydrogens (tertiary/aromatic N) is 1. The van der Waals surface area contributed by atoms with Crippen LogP contribution in [0.5, 0.6) is 0 Å². The van der Waals surface area contributed by atoms with Gasteiger partial charge in [-0.05, 0) is 23.6 Å². The number of pyridine rings is 1. The Labute approximate surface area is 85.5 Å². The van der Waals surface area contributed by atoms with Gasteiger partial charge < -0.3 is 0 Å². The summed E-state index contributed by atoms with van der Waals surface area (Å²) in [5.74, 6) is 0. The molecule has 0 fully saturated rings. The third-order valence-electron chi connectivity index (χ3n) is 2.15. The summed E-state index contributed by atoms with van der Waals surface area (Å²) in [7, 11) is 0. The first-order valence-corrected chi connectivity index (χ1v) is 4.71. The summed E-state index contributed by atoms with van der Waals surface area (Å²) >= 11 is 0. The zero-order chi connectivity index (χ0) is 10.4. The molecule has 0 aliphatic carbocycles. The molecule has 0 aromatic carbocycles. The molecule has 1 nitrogen and oxygen atoms in total. The molecule has 0 spiro atoms. The third kappa shape index (κ3) is 2.19. The predicted octanol–water partition coefficient (Wildman–Crippen LogP) is 3.62. The van der Waals surface area contributed by atoms with E-state index in [0.29, 0.717) is 0 Å². The first-order valence-electron chi connectivity index (χ1n) is 4.71. The summed E-state index contributed by atoms with van der Waals surface area (Å²) in [4.78, 5) is 4.09. The molecule has 0 N–H and O–H groups in total. The number of rotatable bonds is 4. The zero-order valence-corrected chi connectivity index (χ0v) is 8.53. The van der Waals surface area contributed by atoms with Crippen molar-refractivity contribution in [2.45, 2.75) is 13.3 Å². The molecular formula is C13H15N. The van der Waals surface area contributed by atoms with Crippen molar-refractivity contribution in [1.29, 1.82) is 0 Å². The Morgan fingerprint density at radius 1 is 1.43 bits per heavy atom. The van der Waals surface area contributed by atoms with E-state index in [1.807, 2.05) is 30.5 Å². The topological polar surface area (TPSA) is 12.9 Å². The average Bonchev–Trinajstić information content (AvgIpc) is 2.27. The molecule has 72 valence electrons. The number of hydrogen-bond donors (Lipinski definition) is 0. The predicted molar refractivity (Wildman–Crippen MR) is 61.8 cm³/mol. The lowest BCUT2D eigenvalue weighted by Gasteiger charge is -2.06. The molecule has 0 aliphatic heterocycles. The van der Waals surface area contributed by atoms with E-state index < -0.39 is 0 Å². The van der Waals surface area contributed by atoms with E-state index in [4.69, 9.17) is 0 Å². The van der Waals surface area contributed by atoms with Crippen molar-refractivity contribution >= 4 is 5.57 Å². The largest absolute Gasteiger partial charge is 0.264 e. The minimum Gasteiger partial charge on any atom is -0.264 e. The minimum atomic E-state index is 0.958. The van der Waals surface area contributed by atoms with E-state index >= 15 is 0 Å². The van der Waals surface area contributed by atoms with Crippen molar-refractivity contribution in [3.63, 3.8) is 0 Å². The first-order chi connectivity index (χ1) is 6.83. The lowest BCUT2D eigenvalue weighted by atomic mass is 10.00. The molecule has 0 unspecified atom stereocenters. The van der Waals surface area contributed by atoms with E-state index in [9.17, 15) is 0 Å². The summed E-state index contributed by atoms with van der Waals surface area (Å²) in [5, 5.41) is 0. The van der Waals surface area contributed by atoms with Crippen molar-refractivity contribution in [2.24, 2.45) is 0 Å². The Bertz CT molecular complexity index is 347. The van der Waals surface area contributed by atoms with Crippen LogP contribution in [0.4, 0.5) is 0 Å². The summed E-state index contributed by atoms with van der Waals surface area (Å²) < 4.78 is 0. The van der Waals surface area contributed by atoms with Crippen LogP contribution in [0.15, 0.2) is 55.4 Å². The molecule has 0 atom stereocenters. The van der Waals surface area contributed by atoms with Crippen LogP contribution in [-0.2, 0) is 0 Å². The average molecular weight is 185 g/mol. The second kappa shape index (κ2) is 5.18. The van der Waals surface area contributed by atoms with Crippen molar-refractivity contribution in [1.82, 2.24) is 4.98 Å². The second-order valence-corrected chi connectivity index (χ2v) is 2.94. The van der Waals surface area contributed by atoms with Gasteiger partial charge in [0, 0.05) is 18.0 Å². The van der Waals surface area contributed by atoms with E-state index in [-0.39, 0.29) is 0 Å². The van der Waals surface area contributed by atoms with Crippen LogP contribution < -0.4 is 0 Å². The minimum absolute atomic E-state index is 0.958. The van der Waals surface area contributed by atoms with Gasteiger partial charge in [-0.1, -0.05) is 38.3 Å². The SMILES string of the molecule is C=C/C(CC)=C(\C=C)c1cccnc1. The number of hydrogen-bond acceptors (Lipinski definition) is 1. The molecule has 1 aromatic heterocycles. The molecule has 0 radical (unpaired) electrons. The fourth-order valence-corrected chi connectivity index (χ4v) is 1.40. The van der Waals surface area contributed by atoms with Crippen LogP contribution in [0.3, 0.4) is 0 Å². The lowest BCUT2D eigenvalue weighted by Crippen LogP contribution is -1.87. The number of aromatic nitrogens is 1. The van der Waals surface area contributed by atoms with E-state index in [1.165, 1.54) is 5.57 Å². The monoisotopic (exact) mass is 185 g/mol. The van der Waals surface area contributed by atoms with E-state index in [2.05, 4.69) is 25.1 Å². The Morgan fingerprint density at radius 2 is 2.21 bits per heavy atom. The molecule has 0 bridgehead atoms. The summed E-state index contributed by atoms with van der Waals surface area (Å²) in [6, 6.07) is 3.96. The highest BCUT2D eigenvalue weighted by Crippen LogP contribution is 2.21. The zero-order valence-electron chi connectivity index (χ0n) is 8.53. The van der Waals surface area contributed by atoms with Gasteiger partial charge in [0.1, 0.15) is 0 Å². The molecule has 1 heterocycles. The van der Waals surface area contributed by atoms with Gasteiger partial charge in [0.15, 0.2) is 0 Å². The maximum Gasteiger partial charge on any atom is 0.0346 e. The standard InChI is InChI=1S/C13H15N/c1-4-11(5-2)13(6-3)12-8-7-9-14-10-12/h4,6-10H,1,3,5H2,2H3/b13-11-. The number of allylic oxidation sites excluding steroid dienone is 4. The smallest absolute Gasteiger partial charge is 0.0346 e. The normalized spacial score (nSPS) is 11.8. The molecule has 0 amide bonds. The van der Waals surface area contributed by atoms with Crippen molar-refractivity contribution < 1.29 is 0 Å². The molecule has 1 heteroatoms. The highest BCUT2D eigenvalue weighted by molar-refractivity contribution is 5.77. The van der Waals surface area contributed by atoms with Crippen LogP contribution >= 0.6 is 0 Å². The highest BCUT2D eigenvalue weighted by Gasteiger charge is 2.01. The second-order valence-electron chi connectivity index (χ2n) is 2.94. The highest BCUT2D eigenvalue weighted by atomic mass is 14.6. The summed E-state index contributed by atoms with van der Waals surface area (Å²) in [6.07, 6.45) is 8.31. The van der Waals surface area contributed by atoms with Gasteiger partial charge >= 0.3 is 0 Å². The van der Waals surface area contributed by atoms with Gasteiger partial charge in [0.2, 0.25) is 0 Å². The maximum absolute atomic E-state index is 4.09. The third-order valence-corrected chi connectivity index (χ3v) is 2.15. The van der Waals surface area contributed by atoms with Crippen molar-refractivity contribution in [3.8, 4) is 0 Å². The molecule has 0 aliphatic rings. The van der Waals surface area contributed by atoms with Crippen LogP contribution in [0.2, 0.25) is 0 Å². The van der Waals surface area contributed by atoms with Crippen LogP contribution in [-0.4, -0.2) is 4.98 Å². The maximum atomic E-state index is 4.09. The van der Waals surface area contributed by atoms with Crippen LogP contribution in [0.25, 0.3) is 5.57 Å². The van der Waals surface area contributed by atoms with Gasteiger partial charge in [0.25, 0.3) is 0 Å². The molecule has 0 saturated heterocycles. The van der Waals surface area contributed by atoms with Gasteiger partial charge in [0.05, 0.1) is 0 Å². The molecular weight excluding hydrogens is 170 g/mol.